The summed E-state index contributed by atoms with van der Waals surface area (Å²) in [5.41, 5.74) is 0. The molecular weight excluding hydrogens is 326 g/mol. The molecule has 0 N–H and O–H groups in total. The molecule has 15 heavy (non-hydrogen) atoms. The summed E-state index contributed by atoms with van der Waals surface area (Å²) in [6.07, 6.45) is 1.73. The summed E-state index contributed by atoms with van der Waals surface area (Å²) in [5.74, 6) is 0.498. The lowest BCUT2D eigenvalue weighted by Crippen LogP contribution is -2.38. The van der Waals surface area contributed by atoms with Gasteiger partial charge in [0.2, 0.25) is 5.91 Å². The molecule has 0 spiro atoms. The fraction of sp³-hybridized carbons (Fsp3) is 0.800. The third-order valence-electron chi connectivity index (χ3n) is 2.77. The Morgan fingerprint density at radius 2 is 2.00 bits per heavy atom. The molecule has 0 saturated carbocycles. The molecule has 0 aromatic carbocycles. The maximum atomic E-state index is 11.4. The second-order valence-corrected chi connectivity index (χ2v) is 7.47. The molecule has 86 valence electrons. The first-order chi connectivity index (χ1) is 6.91. The number of likely N-dealkylation sites (tertiary alicyclic amines) is 1. The van der Waals surface area contributed by atoms with E-state index in [1.807, 2.05) is 0 Å². The van der Waals surface area contributed by atoms with Gasteiger partial charge >= 0.3 is 0 Å². The van der Waals surface area contributed by atoms with Crippen molar-refractivity contribution >= 4 is 43.6 Å². The number of ketones is 1. The van der Waals surface area contributed by atoms with E-state index in [-0.39, 0.29) is 21.5 Å². The maximum Gasteiger partial charge on any atom is 0.220 e. The van der Waals surface area contributed by atoms with E-state index in [2.05, 4.69) is 31.9 Å². The molecule has 3 nitrogen and oxygen atoms in total. The molecule has 1 saturated heterocycles. The van der Waals surface area contributed by atoms with Gasteiger partial charge in [0.25, 0.3) is 0 Å². The Balaban J connectivity index is 2.65. The fourth-order valence-electron chi connectivity index (χ4n) is 2.08. The first-order valence-electron chi connectivity index (χ1n) is 4.97. The van der Waals surface area contributed by atoms with E-state index in [1.54, 1.807) is 11.8 Å². The van der Waals surface area contributed by atoms with Crippen LogP contribution in [0.2, 0.25) is 0 Å². The van der Waals surface area contributed by atoms with E-state index in [0.29, 0.717) is 12.5 Å². The van der Waals surface area contributed by atoms with E-state index in [1.165, 1.54) is 6.92 Å². The minimum atomic E-state index is -0.203. The molecule has 0 aromatic rings. The predicted molar refractivity (Wildman–Crippen MR) is 66.2 cm³/mol. The zero-order chi connectivity index (χ0) is 11.6. The van der Waals surface area contributed by atoms with Crippen LogP contribution in [0.25, 0.3) is 0 Å². The van der Waals surface area contributed by atoms with Crippen molar-refractivity contribution in [3.05, 3.63) is 0 Å². The van der Waals surface area contributed by atoms with Gasteiger partial charge in [-0.3, -0.25) is 9.59 Å². The average Bonchev–Trinajstić information content (AvgIpc) is 2.46. The SMILES string of the molecule is CC(=O)[C@@H]1C[C@@H](CC(Br)Br)CN1C(C)=O. The van der Waals surface area contributed by atoms with Crippen LogP contribution in [0.3, 0.4) is 0 Å². The van der Waals surface area contributed by atoms with Crippen molar-refractivity contribution in [3.8, 4) is 0 Å². The molecule has 0 radical (unpaired) electrons. The lowest BCUT2D eigenvalue weighted by Gasteiger charge is -2.20. The monoisotopic (exact) mass is 339 g/mol. The summed E-state index contributed by atoms with van der Waals surface area (Å²) >= 11 is 6.85. The summed E-state index contributed by atoms with van der Waals surface area (Å²) in [6, 6.07) is -0.203. The molecule has 0 bridgehead atoms. The van der Waals surface area contributed by atoms with Crippen LogP contribution in [-0.4, -0.2) is 32.9 Å². The van der Waals surface area contributed by atoms with Gasteiger partial charge in [0.05, 0.1) is 9.78 Å². The van der Waals surface area contributed by atoms with Crippen molar-refractivity contribution < 1.29 is 9.59 Å². The van der Waals surface area contributed by atoms with Crippen LogP contribution < -0.4 is 0 Å². The van der Waals surface area contributed by atoms with E-state index < -0.39 is 0 Å². The van der Waals surface area contributed by atoms with Crippen molar-refractivity contribution in [2.75, 3.05) is 6.54 Å². The first kappa shape index (κ1) is 13.2. The van der Waals surface area contributed by atoms with Crippen LogP contribution in [0.5, 0.6) is 0 Å². The molecule has 1 amide bonds. The van der Waals surface area contributed by atoms with Crippen molar-refractivity contribution in [3.63, 3.8) is 0 Å². The Labute approximate surface area is 107 Å². The van der Waals surface area contributed by atoms with Gasteiger partial charge in [0.1, 0.15) is 0 Å². The molecule has 1 rings (SSSR count). The van der Waals surface area contributed by atoms with Crippen molar-refractivity contribution in [2.24, 2.45) is 5.92 Å². The number of carbonyl (C=O) groups is 2. The van der Waals surface area contributed by atoms with Gasteiger partial charge in [-0.25, -0.2) is 0 Å². The highest BCUT2D eigenvalue weighted by Crippen LogP contribution is 2.30. The largest absolute Gasteiger partial charge is 0.333 e. The quantitative estimate of drug-likeness (QED) is 0.739. The summed E-state index contributed by atoms with van der Waals surface area (Å²) in [7, 11) is 0. The Hall–Kier alpha value is 0.1000. The number of amides is 1. The van der Waals surface area contributed by atoms with E-state index >= 15 is 0 Å². The number of carbonyl (C=O) groups excluding carboxylic acids is 2. The van der Waals surface area contributed by atoms with Crippen LogP contribution in [0.15, 0.2) is 0 Å². The zero-order valence-electron chi connectivity index (χ0n) is 8.87. The Kier molecular flexibility index (Phi) is 4.77. The van der Waals surface area contributed by atoms with E-state index in [9.17, 15) is 9.59 Å². The van der Waals surface area contributed by atoms with Crippen LogP contribution in [0, 0.1) is 5.92 Å². The summed E-state index contributed by atoms with van der Waals surface area (Å²) in [5, 5.41) is 0. The Bertz CT molecular complexity index is 246. The minimum Gasteiger partial charge on any atom is -0.333 e. The van der Waals surface area contributed by atoms with Gasteiger partial charge in [0.15, 0.2) is 5.78 Å². The van der Waals surface area contributed by atoms with Crippen LogP contribution in [-0.2, 0) is 9.59 Å². The highest BCUT2D eigenvalue weighted by molar-refractivity contribution is 9.24. The summed E-state index contributed by atoms with van der Waals surface area (Å²) in [6.45, 7) is 3.79. The van der Waals surface area contributed by atoms with E-state index in [4.69, 9.17) is 0 Å². The van der Waals surface area contributed by atoms with Gasteiger partial charge in [-0.15, -0.1) is 0 Å². The fourth-order valence-corrected chi connectivity index (χ4v) is 3.14. The molecule has 1 aliphatic heterocycles. The predicted octanol–water partition coefficient (Wildman–Crippen LogP) is 2.32. The topological polar surface area (TPSA) is 37.4 Å². The smallest absolute Gasteiger partial charge is 0.220 e. The molecule has 1 heterocycles. The van der Waals surface area contributed by atoms with Gasteiger partial charge in [-0.2, -0.15) is 0 Å². The molecule has 0 unspecified atom stereocenters. The molecule has 0 aromatic heterocycles. The summed E-state index contributed by atoms with van der Waals surface area (Å²) < 4.78 is 0.259. The van der Waals surface area contributed by atoms with Gasteiger partial charge < -0.3 is 4.90 Å². The average molecular weight is 341 g/mol. The number of hydrogen-bond acceptors (Lipinski definition) is 2. The van der Waals surface area contributed by atoms with Crippen LogP contribution in [0.1, 0.15) is 26.7 Å². The van der Waals surface area contributed by atoms with Gasteiger partial charge in [-0.1, -0.05) is 31.9 Å². The molecule has 2 atom stereocenters. The first-order valence-corrected chi connectivity index (χ1v) is 6.80. The van der Waals surface area contributed by atoms with Gasteiger partial charge in [0, 0.05) is 13.5 Å². The minimum absolute atomic E-state index is 0.00149. The molecule has 1 fully saturated rings. The van der Waals surface area contributed by atoms with Crippen molar-refractivity contribution in [1.82, 2.24) is 4.90 Å². The molecule has 1 aliphatic rings. The summed E-state index contributed by atoms with van der Waals surface area (Å²) in [4.78, 5) is 24.4. The number of Topliss-reactive ketones (excluding diaryl/α,β-unsaturated/α-hetero) is 1. The number of alkyl halides is 2. The van der Waals surface area contributed by atoms with Gasteiger partial charge in [-0.05, 0) is 25.7 Å². The number of hydrogen-bond donors (Lipinski definition) is 0. The van der Waals surface area contributed by atoms with Crippen LogP contribution in [0.4, 0.5) is 0 Å². The van der Waals surface area contributed by atoms with Crippen molar-refractivity contribution in [1.29, 1.82) is 0 Å². The second-order valence-electron chi connectivity index (χ2n) is 4.03. The number of rotatable bonds is 3. The standard InChI is InChI=1S/C10H15Br2NO2/c1-6(14)9-3-8(4-10(11)12)5-13(9)7(2)15/h8-10H,3-5H2,1-2H3/t8-,9-/m0/s1. The Morgan fingerprint density at radius 1 is 1.40 bits per heavy atom. The Morgan fingerprint density at radius 3 is 2.33 bits per heavy atom. The van der Waals surface area contributed by atoms with E-state index in [0.717, 1.165) is 12.8 Å². The lowest BCUT2D eigenvalue weighted by atomic mass is 10.0. The number of halogens is 2. The molecular formula is C10H15Br2NO2. The molecule has 5 heteroatoms. The lowest BCUT2D eigenvalue weighted by molar-refractivity contribution is -0.135. The second kappa shape index (κ2) is 5.43. The number of nitrogens with zero attached hydrogens (tertiary/aromatic N) is 1. The highest BCUT2D eigenvalue weighted by Gasteiger charge is 2.36. The highest BCUT2D eigenvalue weighted by atomic mass is 79.9. The normalized spacial score (nSPS) is 26.1. The molecule has 0 aliphatic carbocycles. The maximum absolute atomic E-state index is 11.4. The third kappa shape index (κ3) is 3.55. The third-order valence-corrected chi connectivity index (χ3v) is 3.52. The van der Waals surface area contributed by atoms with Crippen LogP contribution >= 0.6 is 31.9 Å². The van der Waals surface area contributed by atoms with Crippen molar-refractivity contribution in [2.45, 2.75) is 36.5 Å². The zero-order valence-corrected chi connectivity index (χ0v) is 12.0.